The van der Waals surface area contributed by atoms with Crippen LogP contribution in [0.3, 0.4) is 0 Å². The number of amides is 2. The van der Waals surface area contributed by atoms with Gasteiger partial charge in [-0.1, -0.05) is 12.1 Å². The first-order valence-electron chi connectivity index (χ1n) is 6.70. The Bertz CT molecular complexity index is 561. The molecule has 0 heterocycles. The second-order valence-electron chi connectivity index (χ2n) is 4.77. The number of carboxylic acid groups (broad SMARTS) is 1. The molecule has 0 aromatic heterocycles. The number of urea groups is 1. The number of hydrogen-bond acceptors (Lipinski definition) is 3. The van der Waals surface area contributed by atoms with Crippen LogP contribution in [0.4, 0.5) is 18.0 Å². The Hall–Kier alpha value is -2.45. The zero-order valence-corrected chi connectivity index (χ0v) is 12.4. The third-order valence-electron chi connectivity index (χ3n) is 2.68. The minimum Gasteiger partial charge on any atom is -0.484 e. The van der Waals surface area contributed by atoms with Gasteiger partial charge in [0.1, 0.15) is 5.75 Å². The highest BCUT2D eigenvalue weighted by molar-refractivity contribution is 5.75. The summed E-state index contributed by atoms with van der Waals surface area (Å²) in [6.07, 6.45) is -4.68. The summed E-state index contributed by atoms with van der Waals surface area (Å²) in [7, 11) is 0. The summed E-state index contributed by atoms with van der Waals surface area (Å²) in [5, 5.41) is 13.2. The summed E-state index contributed by atoms with van der Waals surface area (Å²) in [6, 6.07) is 4.07. The summed E-state index contributed by atoms with van der Waals surface area (Å²) < 4.78 is 41.5. The van der Waals surface area contributed by atoms with Gasteiger partial charge in [-0.25, -0.2) is 4.79 Å². The molecule has 3 N–H and O–H groups in total. The molecule has 128 valence electrons. The zero-order chi connectivity index (χ0) is 17.5. The van der Waals surface area contributed by atoms with E-state index in [0.29, 0.717) is 5.56 Å². The first-order valence-corrected chi connectivity index (χ1v) is 6.70. The van der Waals surface area contributed by atoms with Gasteiger partial charge in [0.05, 0.1) is 6.42 Å². The van der Waals surface area contributed by atoms with Crippen molar-refractivity contribution < 1.29 is 32.6 Å². The van der Waals surface area contributed by atoms with Gasteiger partial charge in [-0.3, -0.25) is 4.79 Å². The molecule has 0 unspecified atom stereocenters. The molecule has 23 heavy (non-hydrogen) atoms. The van der Waals surface area contributed by atoms with Gasteiger partial charge in [0.25, 0.3) is 0 Å². The predicted octanol–water partition coefficient (Wildman–Crippen LogP) is 2.21. The van der Waals surface area contributed by atoms with Crippen molar-refractivity contribution >= 4 is 12.0 Å². The van der Waals surface area contributed by atoms with Crippen molar-refractivity contribution in [2.45, 2.75) is 26.1 Å². The fraction of sp³-hybridized carbons (Fsp3) is 0.429. The van der Waals surface area contributed by atoms with E-state index in [4.69, 9.17) is 9.84 Å². The molecule has 6 nitrogen and oxygen atoms in total. The molecule has 0 saturated heterocycles. The molecule has 1 aromatic carbocycles. The second-order valence-corrected chi connectivity index (χ2v) is 4.77. The number of hydrogen-bond donors (Lipinski definition) is 3. The van der Waals surface area contributed by atoms with Crippen molar-refractivity contribution in [1.82, 2.24) is 10.6 Å². The van der Waals surface area contributed by atoms with Crippen molar-refractivity contribution in [3.63, 3.8) is 0 Å². The smallest absolute Gasteiger partial charge is 0.422 e. The lowest BCUT2D eigenvalue weighted by Crippen LogP contribution is -2.36. The topological polar surface area (TPSA) is 87.7 Å². The van der Waals surface area contributed by atoms with Crippen LogP contribution in [0.2, 0.25) is 0 Å². The Balaban J connectivity index is 2.58. The summed E-state index contributed by atoms with van der Waals surface area (Å²) in [4.78, 5) is 21.8. The highest BCUT2D eigenvalue weighted by Crippen LogP contribution is 2.23. The molecule has 2 amide bonds. The lowest BCUT2D eigenvalue weighted by atomic mass is 10.1. The predicted molar refractivity (Wildman–Crippen MR) is 75.2 cm³/mol. The van der Waals surface area contributed by atoms with E-state index in [0.717, 1.165) is 5.56 Å². The quantitative estimate of drug-likeness (QED) is 0.713. The number of rotatable bonds is 7. The molecule has 0 spiro atoms. The number of carboxylic acids is 1. The number of carbonyl (C=O) groups excluding carboxylic acids is 1. The molecular formula is C14H17F3N2O4. The van der Waals surface area contributed by atoms with E-state index in [1.807, 2.05) is 0 Å². The largest absolute Gasteiger partial charge is 0.484 e. The Kier molecular flexibility index (Phi) is 6.67. The summed E-state index contributed by atoms with van der Waals surface area (Å²) in [6.45, 7) is 0.184. The molecule has 0 aliphatic heterocycles. The number of alkyl halides is 3. The number of halogens is 3. The lowest BCUT2D eigenvalue weighted by molar-refractivity contribution is -0.153. The summed E-state index contributed by atoms with van der Waals surface area (Å²) >= 11 is 0. The number of carbonyl (C=O) groups is 2. The normalized spacial score (nSPS) is 11.0. The van der Waals surface area contributed by atoms with Crippen LogP contribution in [-0.4, -0.2) is 36.4 Å². The number of aliphatic carboxylic acids is 1. The van der Waals surface area contributed by atoms with Gasteiger partial charge < -0.3 is 20.5 Å². The molecule has 0 aliphatic carbocycles. The average Bonchev–Trinajstić information content (AvgIpc) is 2.43. The van der Waals surface area contributed by atoms with E-state index in [1.165, 1.54) is 6.07 Å². The van der Waals surface area contributed by atoms with Gasteiger partial charge in [0.15, 0.2) is 6.61 Å². The van der Waals surface area contributed by atoms with E-state index in [-0.39, 0.29) is 25.3 Å². The number of ether oxygens (including phenoxy) is 1. The Morgan fingerprint density at radius 1 is 1.26 bits per heavy atom. The first kappa shape index (κ1) is 18.6. The highest BCUT2D eigenvalue weighted by atomic mass is 19.4. The zero-order valence-electron chi connectivity index (χ0n) is 12.4. The van der Waals surface area contributed by atoms with Gasteiger partial charge >= 0.3 is 18.2 Å². The van der Waals surface area contributed by atoms with Crippen molar-refractivity contribution in [3.05, 3.63) is 29.3 Å². The van der Waals surface area contributed by atoms with Crippen LogP contribution in [0.25, 0.3) is 0 Å². The monoisotopic (exact) mass is 334 g/mol. The van der Waals surface area contributed by atoms with Crippen molar-refractivity contribution in [3.8, 4) is 5.75 Å². The average molecular weight is 334 g/mol. The fourth-order valence-corrected chi connectivity index (χ4v) is 1.62. The number of nitrogens with one attached hydrogen (secondary N) is 2. The van der Waals surface area contributed by atoms with Gasteiger partial charge in [0.2, 0.25) is 0 Å². The Morgan fingerprint density at radius 2 is 1.96 bits per heavy atom. The van der Waals surface area contributed by atoms with Crippen LogP contribution in [-0.2, 0) is 11.3 Å². The molecule has 0 fully saturated rings. The van der Waals surface area contributed by atoms with Gasteiger partial charge in [-0.2, -0.15) is 13.2 Å². The lowest BCUT2D eigenvalue weighted by Gasteiger charge is -2.14. The van der Waals surface area contributed by atoms with Crippen LogP contribution in [0, 0.1) is 6.92 Å². The molecule has 0 aliphatic rings. The summed E-state index contributed by atoms with van der Waals surface area (Å²) in [5.41, 5.74) is 1.10. The first-order chi connectivity index (χ1) is 10.7. The SMILES string of the molecule is Cc1ccc(CNC(=O)NCCC(=O)O)c(OCC(F)(F)F)c1. The maximum absolute atomic E-state index is 12.2. The molecule has 0 saturated carbocycles. The van der Waals surface area contributed by atoms with E-state index in [1.54, 1.807) is 19.1 Å². The fourth-order valence-electron chi connectivity index (χ4n) is 1.62. The highest BCUT2D eigenvalue weighted by Gasteiger charge is 2.28. The van der Waals surface area contributed by atoms with Gasteiger partial charge in [0, 0.05) is 18.7 Å². The standard InChI is InChI=1S/C14H17F3N2O4/c1-9-2-3-10(11(6-9)23-8-14(15,16)17)7-19-13(22)18-5-4-12(20)21/h2-3,6H,4-5,7-8H2,1H3,(H,20,21)(H2,18,19,22). The maximum atomic E-state index is 12.2. The van der Waals surface area contributed by atoms with Crippen LogP contribution < -0.4 is 15.4 Å². The molecule has 1 rings (SSSR count). The Labute approximate surface area is 130 Å². The van der Waals surface area contributed by atoms with Crippen LogP contribution in [0.5, 0.6) is 5.75 Å². The minimum absolute atomic E-state index is 0.0353. The maximum Gasteiger partial charge on any atom is 0.422 e. The summed E-state index contributed by atoms with van der Waals surface area (Å²) in [5.74, 6) is -1.01. The van der Waals surface area contributed by atoms with Gasteiger partial charge in [-0.15, -0.1) is 0 Å². The third kappa shape index (κ3) is 7.93. The molecule has 9 heteroatoms. The second kappa shape index (κ2) is 8.25. The Morgan fingerprint density at radius 3 is 2.57 bits per heavy atom. The van der Waals surface area contributed by atoms with Crippen molar-refractivity contribution in [2.75, 3.05) is 13.2 Å². The molecular weight excluding hydrogens is 317 g/mol. The molecule has 0 atom stereocenters. The number of benzene rings is 1. The van der Waals surface area contributed by atoms with E-state index in [2.05, 4.69) is 10.6 Å². The van der Waals surface area contributed by atoms with Crippen LogP contribution >= 0.6 is 0 Å². The molecule has 0 radical (unpaired) electrons. The van der Waals surface area contributed by atoms with Crippen LogP contribution in [0.1, 0.15) is 17.5 Å². The third-order valence-corrected chi connectivity index (χ3v) is 2.68. The molecule has 0 bridgehead atoms. The van der Waals surface area contributed by atoms with Crippen molar-refractivity contribution in [2.24, 2.45) is 0 Å². The van der Waals surface area contributed by atoms with Crippen LogP contribution in [0.15, 0.2) is 18.2 Å². The van der Waals surface area contributed by atoms with Crippen molar-refractivity contribution in [1.29, 1.82) is 0 Å². The minimum atomic E-state index is -4.46. The van der Waals surface area contributed by atoms with E-state index in [9.17, 15) is 22.8 Å². The van der Waals surface area contributed by atoms with E-state index >= 15 is 0 Å². The number of aryl methyl sites for hydroxylation is 1. The molecule has 1 aromatic rings. The van der Waals surface area contributed by atoms with E-state index < -0.39 is 24.8 Å². The van der Waals surface area contributed by atoms with Gasteiger partial charge in [-0.05, 0) is 18.6 Å².